The second-order valence-corrected chi connectivity index (χ2v) is 6.35. The van der Waals surface area contributed by atoms with Gasteiger partial charge in [0.05, 0.1) is 12.6 Å². The van der Waals surface area contributed by atoms with Gasteiger partial charge >= 0.3 is 5.97 Å². The molecule has 0 aromatic heterocycles. The highest BCUT2D eigenvalue weighted by Crippen LogP contribution is 2.59. The maximum absolute atomic E-state index is 13.9. The van der Waals surface area contributed by atoms with Crippen molar-refractivity contribution in [2.75, 3.05) is 6.67 Å². The standard InChI is InChI=1S/C18H24F2O2/c1-6-8-15(14(20)9-7-10-19)22-17(21)16-13(11-12(2)3)18(16,4)5/h9,11,13,15-16H,7,10H2,1-5H3. The first-order valence-corrected chi connectivity index (χ1v) is 7.45. The lowest BCUT2D eigenvalue weighted by atomic mass is 10.1. The van der Waals surface area contributed by atoms with Crippen LogP contribution in [0.25, 0.3) is 0 Å². The molecule has 0 radical (unpaired) electrons. The Morgan fingerprint density at radius 3 is 2.55 bits per heavy atom. The molecule has 1 fully saturated rings. The summed E-state index contributed by atoms with van der Waals surface area (Å²) in [5.41, 5.74) is 0.935. The number of rotatable bonds is 6. The highest BCUT2D eigenvalue weighted by atomic mass is 19.1. The summed E-state index contributed by atoms with van der Waals surface area (Å²) in [6.07, 6.45) is 1.82. The number of allylic oxidation sites excluding steroid dienone is 3. The van der Waals surface area contributed by atoms with Crippen molar-refractivity contribution in [2.45, 2.75) is 47.1 Å². The van der Waals surface area contributed by atoms with E-state index in [4.69, 9.17) is 4.74 Å². The summed E-state index contributed by atoms with van der Waals surface area (Å²) in [6, 6.07) is 0. The van der Waals surface area contributed by atoms with Crippen molar-refractivity contribution in [3.63, 3.8) is 0 Å². The van der Waals surface area contributed by atoms with Crippen molar-refractivity contribution >= 4 is 5.97 Å². The van der Waals surface area contributed by atoms with E-state index in [9.17, 15) is 13.6 Å². The number of carbonyl (C=O) groups excluding carboxylic acids is 1. The van der Waals surface area contributed by atoms with Crippen LogP contribution < -0.4 is 0 Å². The molecule has 0 aromatic carbocycles. The molecule has 0 N–H and O–H groups in total. The molecule has 3 atom stereocenters. The number of halogens is 2. The lowest BCUT2D eigenvalue weighted by Crippen LogP contribution is -2.20. The molecule has 1 aliphatic carbocycles. The second kappa shape index (κ2) is 7.58. The van der Waals surface area contributed by atoms with Gasteiger partial charge in [-0.15, -0.1) is 5.92 Å². The Hall–Kier alpha value is -1.63. The summed E-state index contributed by atoms with van der Waals surface area (Å²) >= 11 is 0. The highest BCUT2D eigenvalue weighted by molar-refractivity contribution is 5.79. The summed E-state index contributed by atoms with van der Waals surface area (Å²) < 4.78 is 31.2. The minimum atomic E-state index is -1.24. The fourth-order valence-corrected chi connectivity index (χ4v) is 2.57. The van der Waals surface area contributed by atoms with Crippen LogP contribution in [0.5, 0.6) is 0 Å². The van der Waals surface area contributed by atoms with E-state index in [0.717, 1.165) is 11.6 Å². The molecule has 4 heteroatoms. The summed E-state index contributed by atoms with van der Waals surface area (Å²) in [5, 5.41) is 0. The number of hydrogen-bond donors (Lipinski definition) is 0. The monoisotopic (exact) mass is 310 g/mol. The Bertz CT molecular complexity index is 531. The van der Waals surface area contributed by atoms with E-state index in [2.05, 4.69) is 11.8 Å². The van der Waals surface area contributed by atoms with Gasteiger partial charge in [-0.25, -0.2) is 4.39 Å². The minimum Gasteiger partial charge on any atom is -0.441 e. The molecule has 0 heterocycles. The van der Waals surface area contributed by atoms with Crippen LogP contribution in [0.2, 0.25) is 0 Å². The molecule has 1 saturated carbocycles. The van der Waals surface area contributed by atoms with Crippen molar-refractivity contribution < 1.29 is 18.3 Å². The third kappa shape index (κ3) is 4.43. The quantitative estimate of drug-likeness (QED) is 0.413. The molecular weight excluding hydrogens is 286 g/mol. The van der Waals surface area contributed by atoms with Crippen LogP contribution in [0, 0.1) is 29.1 Å². The van der Waals surface area contributed by atoms with Gasteiger partial charge in [-0.2, -0.15) is 0 Å². The zero-order valence-corrected chi connectivity index (χ0v) is 13.9. The molecule has 0 aromatic rings. The van der Waals surface area contributed by atoms with Crippen LogP contribution in [-0.2, 0) is 9.53 Å². The fraction of sp³-hybridized carbons (Fsp3) is 0.611. The topological polar surface area (TPSA) is 26.3 Å². The first kappa shape index (κ1) is 18.4. The Morgan fingerprint density at radius 2 is 2.05 bits per heavy atom. The number of hydrogen-bond acceptors (Lipinski definition) is 2. The lowest BCUT2D eigenvalue weighted by molar-refractivity contribution is -0.148. The number of ether oxygens (including phenoxy) is 1. The number of carbonyl (C=O) groups is 1. The van der Waals surface area contributed by atoms with E-state index in [-0.39, 0.29) is 23.7 Å². The zero-order chi connectivity index (χ0) is 16.9. The van der Waals surface area contributed by atoms with Crippen LogP contribution in [0.15, 0.2) is 23.6 Å². The lowest BCUT2D eigenvalue weighted by Gasteiger charge is -2.11. The van der Waals surface area contributed by atoms with Gasteiger partial charge in [0, 0.05) is 0 Å². The smallest absolute Gasteiger partial charge is 0.311 e. The number of esters is 1. The van der Waals surface area contributed by atoms with Gasteiger partial charge in [0.2, 0.25) is 6.10 Å². The molecule has 0 bridgehead atoms. The first-order valence-electron chi connectivity index (χ1n) is 7.45. The minimum absolute atomic E-state index is 0.0550. The van der Waals surface area contributed by atoms with Crippen molar-refractivity contribution in [3.05, 3.63) is 23.6 Å². The van der Waals surface area contributed by atoms with Crippen molar-refractivity contribution in [1.29, 1.82) is 0 Å². The van der Waals surface area contributed by atoms with Gasteiger partial charge in [-0.05, 0) is 44.6 Å². The average Bonchev–Trinajstić information content (AvgIpc) is 2.95. The largest absolute Gasteiger partial charge is 0.441 e. The second-order valence-electron chi connectivity index (χ2n) is 6.35. The van der Waals surface area contributed by atoms with Crippen LogP contribution in [0.3, 0.4) is 0 Å². The first-order chi connectivity index (χ1) is 10.3. The van der Waals surface area contributed by atoms with E-state index < -0.39 is 24.6 Å². The fourth-order valence-electron chi connectivity index (χ4n) is 2.57. The molecule has 0 spiro atoms. The van der Waals surface area contributed by atoms with Crippen molar-refractivity contribution in [2.24, 2.45) is 17.3 Å². The molecule has 2 nitrogen and oxygen atoms in total. The molecule has 0 saturated heterocycles. The summed E-state index contributed by atoms with van der Waals surface area (Å²) in [4.78, 5) is 12.3. The van der Waals surface area contributed by atoms with Gasteiger partial charge in [-0.1, -0.05) is 31.4 Å². The summed E-state index contributed by atoms with van der Waals surface area (Å²) in [7, 11) is 0. The third-order valence-electron chi connectivity index (χ3n) is 3.89. The third-order valence-corrected chi connectivity index (χ3v) is 3.89. The van der Waals surface area contributed by atoms with Crippen molar-refractivity contribution in [1.82, 2.24) is 0 Å². The molecule has 1 aliphatic rings. The Balaban J connectivity index is 2.81. The molecule has 122 valence electrons. The molecular formula is C18H24F2O2. The van der Waals surface area contributed by atoms with Crippen LogP contribution in [0.1, 0.15) is 41.0 Å². The summed E-state index contributed by atoms with van der Waals surface area (Å²) in [5.74, 6) is 3.69. The van der Waals surface area contributed by atoms with Gasteiger partial charge < -0.3 is 4.74 Å². The van der Waals surface area contributed by atoms with E-state index in [1.54, 1.807) is 0 Å². The van der Waals surface area contributed by atoms with Crippen LogP contribution >= 0.6 is 0 Å². The van der Waals surface area contributed by atoms with Crippen LogP contribution in [-0.4, -0.2) is 18.7 Å². The van der Waals surface area contributed by atoms with E-state index >= 15 is 0 Å². The van der Waals surface area contributed by atoms with E-state index in [1.165, 1.54) is 6.92 Å². The summed E-state index contributed by atoms with van der Waals surface area (Å²) in [6.45, 7) is 8.79. The Morgan fingerprint density at radius 1 is 1.41 bits per heavy atom. The predicted molar refractivity (Wildman–Crippen MR) is 83.3 cm³/mol. The van der Waals surface area contributed by atoms with E-state index in [1.807, 2.05) is 33.8 Å². The van der Waals surface area contributed by atoms with Gasteiger partial charge in [0.25, 0.3) is 0 Å². The number of alkyl halides is 1. The molecule has 22 heavy (non-hydrogen) atoms. The highest BCUT2D eigenvalue weighted by Gasteiger charge is 2.61. The van der Waals surface area contributed by atoms with Gasteiger partial charge in [0.1, 0.15) is 5.83 Å². The maximum Gasteiger partial charge on any atom is 0.311 e. The Labute approximate surface area is 131 Å². The average molecular weight is 310 g/mol. The SMILES string of the molecule is CC#CC(OC(=O)C1C(C=C(C)C)C1(C)C)C(F)=CCCF. The zero-order valence-electron chi connectivity index (χ0n) is 13.9. The maximum atomic E-state index is 13.9. The molecule has 0 aliphatic heterocycles. The molecule has 0 amide bonds. The molecule has 1 rings (SSSR count). The van der Waals surface area contributed by atoms with Crippen LogP contribution in [0.4, 0.5) is 8.78 Å². The van der Waals surface area contributed by atoms with Crippen molar-refractivity contribution in [3.8, 4) is 11.8 Å². The molecule has 3 unspecified atom stereocenters. The van der Waals surface area contributed by atoms with Gasteiger partial charge in [0.15, 0.2) is 0 Å². The Kier molecular flexibility index (Phi) is 6.34. The normalized spacial score (nSPS) is 23.9. The predicted octanol–water partition coefficient (Wildman–Crippen LogP) is 4.37. The van der Waals surface area contributed by atoms with E-state index in [0.29, 0.717) is 0 Å². The van der Waals surface area contributed by atoms with Gasteiger partial charge in [-0.3, -0.25) is 9.18 Å².